The van der Waals surface area contributed by atoms with Crippen molar-refractivity contribution >= 4 is 11.1 Å². The predicted octanol–water partition coefficient (Wildman–Crippen LogP) is 3.48. The molecule has 5 heteroatoms. The van der Waals surface area contributed by atoms with Crippen LogP contribution in [0.5, 0.6) is 0 Å². The van der Waals surface area contributed by atoms with E-state index >= 15 is 0 Å². The Bertz CT molecular complexity index is 737. The molecule has 0 atom stereocenters. The minimum atomic E-state index is -0.660. The van der Waals surface area contributed by atoms with Crippen molar-refractivity contribution in [3.05, 3.63) is 47.8 Å². The molecule has 18 heavy (non-hydrogen) atoms. The number of nitrogens with zero attached hydrogens (tertiary/aromatic N) is 2. The molecular weight excluding hydrogens is 238 g/mol. The molecule has 0 radical (unpaired) electrons. The van der Waals surface area contributed by atoms with Crippen LogP contribution < -0.4 is 0 Å². The molecule has 0 aliphatic heterocycles. The molecule has 3 nitrogen and oxygen atoms in total. The fourth-order valence-electron chi connectivity index (χ4n) is 1.72. The van der Waals surface area contributed by atoms with Crippen LogP contribution in [0.3, 0.4) is 0 Å². The second-order valence-electron chi connectivity index (χ2n) is 3.98. The number of hydrogen-bond acceptors (Lipinski definition) is 3. The van der Waals surface area contributed by atoms with E-state index in [0.29, 0.717) is 11.1 Å². The maximum Gasteiger partial charge on any atom is 0.231 e. The highest BCUT2D eigenvalue weighted by atomic mass is 19.1. The Labute approximate surface area is 101 Å². The van der Waals surface area contributed by atoms with Crippen molar-refractivity contribution in [2.24, 2.45) is 0 Å². The zero-order chi connectivity index (χ0) is 12.7. The van der Waals surface area contributed by atoms with E-state index in [1.807, 2.05) is 0 Å². The minimum Gasteiger partial charge on any atom is -0.436 e. The third-order valence-electron chi connectivity index (χ3n) is 2.56. The zero-order valence-corrected chi connectivity index (χ0v) is 9.45. The summed E-state index contributed by atoms with van der Waals surface area (Å²) in [6.45, 7) is 1.79. The summed E-state index contributed by atoms with van der Waals surface area (Å²) in [5, 5.41) is 0. The quantitative estimate of drug-likeness (QED) is 0.617. The Morgan fingerprint density at radius 3 is 2.83 bits per heavy atom. The summed E-state index contributed by atoms with van der Waals surface area (Å²) in [5.41, 5.74) is 1.73. The molecule has 0 unspecified atom stereocenters. The van der Waals surface area contributed by atoms with Gasteiger partial charge in [-0.1, -0.05) is 0 Å². The van der Waals surface area contributed by atoms with Gasteiger partial charge in [0.05, 0.1) is 5.56 Å². The molecule has 0 aliphatic carbocycles. The summed E-state index contributed by atoms with van der Waals surface area (Å²) in [6.07, 6.45) is 1.42. The summed E-state index contributed by atoms with van der Waals surface area (Å²) in [4.78, 5) is 7.66. The van der Waals surface area contributed by atoms with Crippen LogP contribution in [0.2, 0.25) is 0 Å². The maximum absolute atomic E-state index is 13.6. The summed E-state index contributed by atoms with van der Waals surface area (Å²) in [6, 6.07) is 5.55. The van der Waals surface area contributed by atoms with Gasteiger partial charge in [0.25, 0.3) is 0 Å². The molecule has 0 fully saturated rings. The summed E-state index contributed by atoms with van der Waals surface area (Å²) < 4.78 is 32.0. The van der Waals surface area contributed by atoms with Crippen molar-refractivity contribution in [3.63, 3.8) is 0 Å². The molecule has 0 aliphatic rings. The lowest BCUT2D eigenvalue weighted by molar-refractivity contribution is 0.566. The van der Waals surface area contributed by atoms with E-state index in [9.17, 15) is 8.78 Å². The van der Waals surface area contributed by atoms with Gasteiger partial charge in [0.2, 0.25) is 11.8 Å². The number of pyridine rings is 1. The van der Waals surface area contributed by atoms with Crippen LogP contribution in [-0.2, 0) is 0 Å². The topological polar surface area (TPSA) is 38.9 Å². The van der Waals surface area contributed by atoms with Crippen LogP contribution in [0.1, 0.15) is 5.56 Å². The Morgan fingerprint density at radius 1 is 1.17 bits per heavy atom. The van der Waals surface area contributed by atoms with Gasteiger partial charge < -0.3 is 4.42 Å². The number of hydrogen-bond donors (Lipinski definition) is 0. The fourth-order valence-corrected chi connectivity index (χ4v) is 1.72. The van der Waals surface area contributed by atoms with E-state index in [0.717, 1.165) is 5.56 Å². The van der Waals surface area contributed by atoms with Crippen molar-refractivity contribution in [2.45, 2.75) is 6.92 Å². The van der Waals surface area contributed by atoms with Gasteiger partial charge in [-0.25, -0.2) is 14.4 Å². The van der Waals surface area contributed by atoms with Gasteiger partial charge >= 0.3 is 0 Å². The molecule has 0 bridgehead atoms. The monoisotopic (exact) mass is 246 g/mol. The Hall–Kier alpha value is -2.30. The van der Waals surface area contributed by atoms with Crippen LogP contribution in [0.15, 0.2) is 34.9 Å². The first-order chi connectivity index (χ1) is 8.63. The van der Waals surface area contributed by atoms with Gasteiger partial charge in [0.1, 0.15) is 11.3 Å². The smallest absolute Gasteiger partial charge is 0.231 e. The number of halogens is 2. The van der Waals surface area contributed by atoms with Crippen molar-refractivity contribution in [3.8, 4) is 11.5 Å². The first-order valence-electron chi connectivity index (χ1n) is 5.32. The molecule has 0 saturated heterocycles. The van der Waals surface area contributed by atoms with E-state index in [2.05, 4.69) is 9.97 Å². The van der Waals surface area contributed by atoms with Crippen LogP contribution in [0.25, 0.3) is 22.6 Å². The molecule has 2 aromatic heterocycles. The number of aromatic nitrogens is 2. The number of aryl methyl sites for hydroxylation is 1. The Morgan fingerprint density at radius 2 is 2.00 bits per heavy atom. The number of benzene rings is 1. The first kappa shape index (κ1) is 10.8. The van der Waals surface area contributed by atoms with E-state index in [1.54, 1.807) is 13.0 Å². The van der Waals surface area contributed by atoms with Crippen LogP contribution in [0.4, 0.5) is 8.78 Å². The summed E-state index contributed by atoms with van der Waals surface area (Å²) in [7, 11) is 0. The number of oxazole rings is 1. The van der Waals surface area contributed by atoms with Gasteiger partial charge in [-0.05, 0) is 30.7 Å². The standard InChI is InChI=1S/C13H8F2N2O/c1-7-4-9(12(15)16-6-7)13-17-10-5-8(14)2-3-11(10)18-13/h2-6H,1H3. The molecule has 0 spiro atoms. The number of fused-ring (bicyclic) bond motifs is 1. The highest BCUT2D eigenvalue weighted by molar-refractivity contribution is 5.76. The van der Waals surface area contributed by atoms with Crippen molar-refractivity contribution in [1.82, 2.24) is 9.97 Å². The van der Waals surface area contributed by atoms with E-state index in [1.165, 1.54) is 24.4 Å². The van der Waals surface area contributed by atoms with Gasteiger partial charge in [0.15, 0.2) is 5.58 Å². The SMILES string of the molecule is Cc1cnc(F)c(-c2nc3cc(F)ccc3o2)c1. The Balaban J connectivity index is 2.22. The van der Waals surface area contributed by atoms with Gasteiger partial charge in [-0.3, -0.25) is 0 Å². The van der Waals surface area contributed by atoms with Gasteiger partial charge in [0, 0.05) is 12.3 Å². The third-order valence-corrected chi connectivity index (χ3v) is 2.56. The highest BCUT2D eigenvalue weighted by Crippen LogP contribution is 2.26. The lowest BCUT2D eigenvalue weighted by Crippen LogP contribution is -1.90. The fraction of sp³-hybridized carbons (Fsp3) is 0.0769. The van der Waals surface area contributed by atoms with Crippen LogP contribution >= 0.6 is 0 Å². The maximum atomic E-state index is 13.6. The first-order valence-corrected chi connectivity index (χ1v) is 5.32. The average molecular weight is 246 g/mol. The molecule has 3 rings (SSSR count). The molecule has 3 aromatic rings. The molecule has 0 amide bonds. The second kappa shape index (κ2) is 3.87. The van der Waals surface area contributed by atoms with Crippen LogP contribution in [-0.4, -0.2) is 9.97 Å². The van der Waals surface area contributed by atoms with Crippen molar-refractivity contribution in [1.29, 1.82) is 0 Å². The molecule has 0 saturated carbocycles. The molecule has 0 N–H and O–H groups in total. The molecule has 90 valence electrons. The lowest BCUT2D eigenvalue weighted by atomic mass is 10.2. The minimum absolute atomic E-state index is 0.101. The van der Waals surface area contributed by atoms with E-state index in [-0.39, 0.29) is 11.5 Å². The molecular formula is C13H8F2N2O. The normalized spacial score (nSPS) is 11.1. The second-order valence-corrected chi connectivity index (χ2v) is 3.98. The summed E-state index contributed by atoms with van der Waals surface area (Å²) >= 11 is 0. The molecule has 2 heterocycles. The van der Waals surface area contributed by atoms with Gasteiger partial charge in [-0.15, -0.1) is 0 Å². The van der Waals surface area contributed by atoms with Crippen LogP contribution in [0, 0.1) is 18.7 Å². The lowest BCUT2D eigenvalue weighted by Gasteiger charge is -1.98. The largest absolute Gasteiger partial charge is 0.436 e. The third kappa shape index (κ3) is 1.73. The number of rotatable bonds is 1. The van der Waals surface area contributed by atoms with Crippen molar-refractivity contribution in [2.75, 3.05) is 0 Å². The van der Waals surface area contributed by atoms with E-state index in [4.69, 9.17) is 4.42 Å². The van der Waals surface area contributed by atoms with Crippen molar-refractivity contribution < 1.29 is 13.2 Å². The van der Waals surface area contributed by atoms with Gasteiger partial charge in [-0.2, -0.15) is 4.39 Å². The Kier molecular flexibility index (Phi) is 2.33. The van der Waals surface area contributed by atoms with E-state index < -0.39 is 11.8 Å². The average Bonchev–Trinajstić information content (AvgIpc) is 2.74. The predicted molar refractivity (Wildman–Crippen MR) is 61.9 cm³/mol. The molecule has 1 aromatic carbocycles. The summed E-state index contributed by atoms with van der Waals surface area (Å²) in [5.74, 6) is -0.970. The zero-order valence-electron chi connectivity index (χ0n) is 9.45. The highest BCUT2D eigenvalue weighted by Gasteiger charge is 2.14.